The summed E-state index contributed by atoms with van der Waals surface area (Å²) in [6.45, 7) is 0. The zero-order valence-electron chi connectivity index (χ0n) is 6.58. The third-order valence-corrected chi connectivity index (χ3v) is 2.08. The molecule has 0 heterocycles. The van der Waals surface area contributed by atoms with E-state index in [1.165, 1.54) is 0 Å². The van der Waals surface area contributed by atoms with E-state index in [0.717, 1.165) is 12.1 Å². The van der Waals surface area contributed by atoms with E-state index in [4.69, 9.17) is 23.2 Å². The number of nitro groups is 1. The van der Waals surface area contributed by atoms with Crippen LogP contribution in [-0.4, -0.2) is 4.92 Å². The molecule has 0 amide bonds. The number of rotatable bonds is 1. The van der Waals surface area contributed by atoms with Crippen LogP contribution in [0.15, 0.2) is 12.1 Å². The van der Waals surface area contributed by atoms with Crippen LogP contribution in [-0.2, 0) is 0 Å². The van der Waals surface area contributed by atoms with E-state index in [1.807, 2.05) is 0 Å². The van der Waals surface area contributed by atoms with E-state index in [0.29, 0.717) is 0 Å². The summed E-state index contributed by atoms with van der Waals surface area (Å²) in [4.78, 5) is 9.54. The Balaban J connectivity index is 0.00000144. The van der Waals surface area contributed by atoms with Crippen molar-refractivity contribution in [1.29, 1.82) is 0 Å². The number of nitrogens with zero attached hydrogens (tertiary/aromatic N) is 1. The molecule has 13 heavy (non-hydrogen) atoms. The summed E-state index contributed by atoms with van der Waals surface area (Å²) in [6, 6.07) is 2.03. The molecule has 0 radical (unpaired) electrons. The minimum Gasteiger partial charge on any atom is -0.871 e. The molecular weight excluding hydrogens is 244 g/mol. The van der Waals surface area contributed by atoms with Gasteiger partial charge in [0.25, 0.3) is 5.69 Å². The molecule has 0 N–H and O–H groups in total. The van der Waals surface area contributed by atoms with Crippen LogP contribution >= 0.6 is 23.2 Å². The van der Waals surface area contributed by atoms with Crippen molar-refractivity contribution in [2.75, 3.05) is 0 Å². The summed E-state index contributed by atoms with van der Waals surface area (Å²) in [5, 5.41) is 20.4. The molecular formula is C6H2Cl2KNO3. The zero-order chi connectivity index (χ0) is 9.30. The van der Waals surface area contributed by atoms with Crippen molar-refractivity contribution in [3.8, 4) is 5.75 Å². The van der Waals surface area contributed by atoms with Gasteiger partial charge in [-0.2, -0.15) is 0 Å². The molecule has 0 bridgehead atoms. The number of benzene rings is 1. The topological polar surface area (TPSA) is 66.2 Å². The average molecular weight is 246 g/mol. The molecule has 1 rings (SSSR count). The van der Waals surface area contributed by atoms with Gasteiger partial charge in [-0.3, -0.25) is 10.1 Å². The fourth-order valence-electron chi connectivity index (χ4n) is 0.663. The van der Waals surface area contributed by atoms with Crippen molar-refractivity contribution in [1.82, 2.24) is 0 Å². The summed E-state index contributed by atoms with van der Waals surface area (Å²) >= 11 is 10.8. The number of halogens is 2. The van der Waals surface area contributed by atoms with Crippen LogP contribution < -0.4 is 56.5 Å². The Kier molecular flexibility index (Phi) is 5.77. The van der Waals surface area contributed by atoms with E-state index in [9.17, 15) is 15.2 Å². The first-order valence-corrected chi connectivity index (χ1v) is 3.59. The van der Waals surface area contributed by atoms with Crippen LogP contribution in [0.3, 0.4) is 0 Å². The molecule has 0 aliphatic heterocycles. The van der Waals surface area contributed by atoms with Gasteiger partial charge in [0.05, 0.1) is 9.95 Å². The maximum atomic E-state index is 10.8. The summed E-state index contributed by atoms with van der Waals surface area (Å²) in [5.74, 6) is -0.521. The van der Waals surface area contributed by atoms with Crippen LogP contribution in [0, 0.1) is 10.1 Å². The monoisotopic (exact) mass is 245 g/mol. The molecule has 0 aliphatic rings. The smallest absolute Gasteiger partial charge is 0.871 e. The third kappa shape index (κ3) is 3.05. The molecule has 0 unspecified atom stereocenters. The first-order valence-electron chi connectivity index (χ1n) is 2.83. The zero-order valence-corrected chi connectivity index (χ0v) is 11.2. The van der Waals surface area contributed by atoms with E-state index >= 15 is 0 Å². The standard InChI is InChI=1S/C6H3Cl2NO3.K/c7-5-3(9(11)12)1-2-4(10)6(5)8;/h1-2,10H;/q;+1/p-1. The molecule has 64 valence electrons. The first kappa shape index (κ1) is 13.6. The molecule has 4 nitrogen and oxygen atoms in total. The SMILES string of the molecule is O=[N+]([O-])c1ccc([O-])c(Cl)c1Cl.[K+]. The van der Waals surface area contributed by atoms with Crippen LogP contribution in [0.2, 0.25) is 10.0 Å². The number of nitro benzene ring substituents is 1. The van der Waals surface area contributed by atoms with Gasteiger partial charge >= 0.3 is 51.4 Å². The predicted octanol–water partition coefficient (Wildman–Crippen LogP) is -1.02. The van der Waals surface area contributed by atoms with Crippen molar-refractivity contribution in [2.45, 2.75) is 0 Å². The fourth-order valence-corrected chi connectivity index (χ4v) is 1.05. The second-order valence-corrected chi connectivity index (χ2v) is 2.72. The molecule has 0 saturated carbocycles. The quantitative estimate of drug-likeness (QED) is 0.362. The Bertz CT molecular complexity index is 345. The Morgan fingerprint density at radius 2 is 1.77 bits per heavy atom. The normalized spacial score (nSPS) is 9.08. The minimum atomic E-state index is -0.701. The van der Waals surface area contributed by atoms with Crippen molar-refractivity contribution < 1.29 is 61.4 Å². The van der Waals surface area contributed by atoms with Gasteiger partial charge in [0, 0.05) is 6.07 Å². The van der Waals surface area contributed by atoms with Gasteiger partial charge in [-0.1, -0.05) is 35.0 Å². The Hall–Kier alpha value is 0.636. The second-order valence-electron chi connectivity index (χ2n) is 1.97. The number of hydrogen-bond donors (Lipinski definition) is 0. The molecule has 0 saturated heterocycles. The molecule has 0 aliphatic carbocycles. The Morgan fingerprint density at radius 1 is 1.23 bits per heavy atom. The van der Waals surface area contributed by atoms with E-state index < -0.39 is 10.7 Å². The van der Waals surface area contributed by atoms with Gasteiger partial charge in [0.1, 0.15) is 5.02 Å². The second kappa shape index (κ2) is 5.50. The van der Waals surface area contributed by atoms with Gasteiger partial charge in [0.2, 0.25) is 0 Å². The summed E-state index contributed by atoms with van der Waals surface area (Å²) < 4.78 is 0. The maximum absolute atomic E-state index is 10.8. The van der Waals surface area contributed by atoms with Crippen LogP contribution in [0.5, 0.6) is 5.75 Å². The first-order chi connectivity index (χ1) is 5.54. The van der Waals surface area contributed by atoms with Gasteiger partial charge in [0.15, 0.2) is 0 Å². The summed E-state index contributed by atoms with van der Waals surface area (Å²) in [6.07, 6.45) is 0. The summed E-state index contributed by atoms with van der Waals surface area (Å²) in [7, 11) is 0. The predicted molar refractivity (Wildman–Crippen MR) is 42.6 cm³/mol. The van der Waals surface area contributed by atoms with Crippen LogP contribution in [0.25, 0.3) is 0 Å². The molecule has 0 spiro atoms. The molecule has 7 heteroatoms. The van der Waals surface area contributed by atoms with E-state index in [1.54, 1.807) is 0 Å². The van der Waals surface area contributed by atoms with Crippen LogP contribution in [0.4, 0.5) is 5.69 Å². The Morgan fingerprint density at radius 3 is 2.23 bits per heavy atom. The van der Waals surface area contributed by atoms with Gasteiger partial charge in [-0.15, -0.1) is 0 Å². The van der Waals surface area contributed by atoms with Gasteiger partial charge in [-0.05, 0) is 0 Å². The van der Waals surface area contributed by atoms with Crippen molar-refractivity contribution >= 4 is 28.9 Å². The van der Waals surface area contributed by atoms with E-state index in [-0.39, 0.29) is 67.1 Å². The molecule has 0 atom stereocenters. The van der Waals surface area contributed by atoms with Gasteiger partial charge in [-0.25, -0.2) is 0 Å². The number of hydrogen-bond acceptors (Lipinski definition) is 3. The Labute approximate surface area is 126 Å². The molecule has 1 aromatic rings. The summed E-state index contributed by atoms with van der Waals surface area (Å²) in [5.41, 5.74) is -0.360. The molecule has 0 fully saturated rings. The maximum Gasteiger partial charge on any atom is 1.00 e. The molecule has 0 aromatic heterocycles. The van der Waals surface area contributed by atoms with Crippen molar-refractivity contribution in [3.63, 3.8) is 0 Å². The molecule has 1 aromatic carbocycles. The largest absolute Gasteiger partial charge is 1.00 e. The fraction of sp³-hybridized carbons (Fsp3) is 0. The van der Waals surface area contributed by atoms with Gasteiger partial charge < -0.3 is 5.11 Å². The van der Waals surface area contributed by atoms with Crippen molar-refractivity contribution in [3.05, 3.63) is 32.3 Å². The third-order valence-electron chi connectivity index (χ3n) is 1.22. The average Bonchev–Trinajstić information content (AvgIpc) is 2.00. The van der Waals surface area contributed by atoms with E-state index in [2.05, 4.69) is 0 Å². The van der Waals surface area contributed by atoms with Crippen LogP contribution in [0.1, 0.15) is 0 Å². The minimum absolute atomic E-state index is 0. The van der Waals surface area contributed by atoms with Crippen molar-refractivity contribution in [2.24, 2.45) is 0 Å².